The van der Waals surface area contributed by atoms with E-state index in [1.165, 1.54) is 33.4 Å². The van der Waals surface area contributed by atoms with Crippen molar-refractivity contribution in [3.63, 3.8) is 0 Å². The maximum Gasteiger partial charge on any atom is 0.167 e. The van der Waals surface area contributed by atoms with Crippen LogP contribution in [0.25, 0.3) is 11.1 Å². The van der Waals surface area contributed by atoms with Crippen LogP contribution in [0.15, 0.2) is 133 Å². The highest BCUT2D eigenvalue weighted by Gasteiger charge is 2.45. The van der Waals surface area contributed by atoms with E-state index in [4.69, 9.17) is 0 Å². The summed E-state index contributed by atoms with van der Waals surface area (Å²) < 4.78 is 0. The molecule has 0 spiro atoms. The molecular weight excluding hydrogens is 572 g/mol. The highest BCUT2D eigenvalue weighted by molar-refractivity contribution is 5.98. The Balaban J connectivity index is 1.27. The van der Waals surface area contributed by atoms with E-state index in [9.17, 15) is 9.59 Å². The van der Waals surface area contributed by atoms with E-state index in [1.807, 2.05) is 50.2 Å². The molecule has 0 atom stereocenters. The Morgan fingerprint density at radius 2 is 0.830 bits per heavy atom. The summed E-state index contributed by atoms with van der Waals surface area (Å²) in [6.45, 7) is 8.23. The lowest BCUT2D eigenvalue weighted by Crippen LogP contribution is -2.28. The van der Waals surface area contributed by atoms with Crippen LogP contribution in [0.5, 0.6) is 0 Å². The molecule has 0 heterocycles. The molecule has 0 saturated carbocycles. The maximum absolute atomic E-state index is 13.2. The predicted octanol–water partition coefficient (Wildman–Crippen LogP) is 10.1. The summed E-state index contributed by atoms with van der Waals surface area (Å²) in [5.74, 6) is 0.246. The van der Waals surface area contributed by atoms with Gasteiger partial charge in [0.2, 0.25) is 0 Å². The van der Waals surface area contributed by atoms with Crippen LogP contribution in [-0.2, 0) is 18.3 Å². The SMILES string of the molecule is Cc1ccc(C(=O)Cc2ccc(C3(c4ccc(CC(=O)c5ccc(C)c(C)c5)cc4)c4ccccc4-c4ccccc43)cc2)cc1C. The van der Waals surface area contributed by atoms with Crippen LogP contribution in [0, 0.1) is 27.7 Å². The molecule has 1 aliphatic rings. The van der Waals surface area contributed by atoms with Gasteiger partial charge in [-0.25, -0.2) is 0 Å². The summed E-state index contributed by atoms with van der Waals surface area (Å²) in [5, 5.41) is 0. The molecule has 47 heavy (non-hydrogen) atoms. The van der Waals surface area contributed by atoms with Gasteiger partial charge in [0.05, 0.1) is 5.41 Å². The van der Waals surface area contributed by atoms with Crippen molar-refractivity contribution >= 4 is 11.6 Å². The zero-order valence-electron chi connectivity index (χ0n) is 27.4. The molecule has 2 heteroatoms. The molecule has 6 aromatic rings. The standard InChI is InChI=1S/C45H38O2/c1-29-13-19-35(25-31(29)3)43(46)27-33-15-21-37(22-16-33)45(41-11-7-5-9-39(41)40-10-6-8-12-42(40)45)38-23-17-34(18-24-38)28-44(47)36-20-14-30(2)32(4)26-36/h5-26H,27-28H2,1-4H3. The molecule has 0 aromatic heterocycles. The molecule has 6 aromatic carbocycles. The Kier molecular flexibility index (Phi) is 7.82. The summed E-state index contributed by atoms with van der Waals surface area (Å²) in [7, 11) is 0. The second-order valence-electron chi connectivity index (χ2n) is 13.0. The number of benzene rings is 6. The molecule has 0 saturated heterocycles. The summed E-state index contributed by atoms with van der Waals surface area (Å²) in [6, 6.07) is 46.4. The Morgan fingerprint density at radius 3 is 1.21 bits per heavy atom. The first kappa shape index (κ1) is 30.3. The lowest BCUT2D eigenvalue weighted by Gasteiger charge is -2.34. The third-order valence-corrected chi connectivity index (χ3v) is 10.1. The number of aryl methyl sites for hydroxylation is 4. The molecule has 0 unspecified atom stereocenters. The summed E-state index contributed by atoms with van der Waals surface area (Å²) >= 11 is 0. The van der Waals surface area contributed by atoms with Gasteiger partial charge in [-0.15, -0.1) is 0 Å². The Bertz CT molecular complexity index is 1990. The number of fused-ring (bicyclic) bond motifs is 3. The lowest BCUT2D eigenvalue weighted by molar-refractivity contribution is 0.0984. The first-order valence-corrected chi connectivity index (χ1v) is 16.3. The van der Waals surface area contributed by atoms with Gasteiger partial charge in [0, 0.05) is 24.0 Å². The maximum atomic E-state index is 13.2. The number of hydrogen-bond acceptors (Lipinski definition) is 2. The van der Waals surface area contributed by atoms with Crippen molar-refractivity contribution in [3.8, 4) is 11.1 Å². The van der Waals surface area contributed by atoms with Crippen LogP contribution < -0.4 is 0 Å². The number of ketones is 2. The Labute approximate surface area is 277 Å². The third kappa shape index (κ3) is 5.34. The first-order valence-electron chi connectivity index (χ1n) is 16.3. The largest absolute Gasteiger partial charge is 0.294 e. The minimum absolute atomic E-state index is 0.123. The van der Waals surface area contributed by atoms with Gasteiger partial charge in [-0.2, -0.15) is 0 Å². The van der Waals surface area contributed by atoms with E-state index in [2.05, 4.69) is 111 Å². The van der Waals surface area contributed by atoms with Crippen molar-refractivity contribution < 1.29 is 9.59 Å². The van der Waals surface area contributed by atoms with Crippen molar-refractivity contribution in [1.29, 1.82) is 0 Å². The van der Waals surface area contributed by atoms with E-state index < -0.39 is 5.41 Å². The van der Waals surface area contributed by atoms with Crippen molar-refractivity contribution in [2.24, 2.45) is 0 Å². The average Bonchev–Trinajstić information content (AvgIpc) is 3.39. The van der Waals surface area contributed by atoms with Crippen molar-refractivity contribution in [2.45, 2.75) is 46.0 Å². The average molecular weight is 611 g/mol. The zero-order chi connectivity index (χ0) is 32.7. The minimum atomic E-state index is -0.541. The normalized spacial score (nSPS) is 12.8. The van der Waals surface area contributed by atoms with Crippen LogP contribution in [0.1, 0.15) is 76.4 Å². The number of carbonyl (C=O) groups excluding carboxylic acids is 2. The molecule has 1 aliphatic carbocycles. The molecule has 0 amide bonds. The zero-order valence-corrected chi connectivity index (χ0v) is 27.4. The molecule has 0 aliphatic heterocycles. The van der Waals surface area contributed by atoms with Gasteiger partial charge in [-0.1, -0.05) is 121 Å². The molecule has 7 rings (SSSR count). The molecule has 230 valence electrons. The van der Waals surface area contributed by atoms with E-state index in [1.54, 1.807) is 0 Å². The molecule has 0 bridgehead atoms. The van der Waals surface area contributed by atoms with E-state index >= 15 is 0 Å². The van der Waals surface area contributed by atoms with Gasteiger partial charge in [-0.3, -0.25) is 9.59 Å². The number of rotatable bonds is 8. The second kappa shape index (κ2) is 12.1. The van der Waals surface area contributed by atoms with Crippen molar-refractivity contribution in [2.75, 3.05) is 0 Å². The van der Waals surface area contributed by atoms with Crippen LogP contribution in [0.3, 0.4) is 0 Å². The van der Waals surface area contributed by atoms with Gasteiger partial charge in [0.25, 0.3) is 0 Å². The third-order valence-electron chi connectivity index (χ3n) is 10.1. The minimum Gasteiger partial charge on any atom is -0.294 e. The van der Waals surface area contributed by atoms with Crippen LogP contribution in [0.2, 0.25) is 0 Å². The lowest BCUT2D eigenvalue weighted by atomic mass is 9.67. The first-order chi connectivity index (χ1) is 22.8. The van der Waals surface area contributed by atoms with E-state index in [0.717, 1.165) is 44.5 Å². The Morgan fingerprint density at radius 1 is 0.447 bits per heavy atom. The fraction of sp³-hybridized carbons (Fsp3) is 0.156. The fourth-order valence-corrected chi connectivity index (χ4v) is 7.17. The summed E-state index contributed by atoms with van der Waals surface area (Å²) in [6.07, 6.45) is 0.707. The van der Waals surface area contributed by atoms with Gasteiger partial charge in [0.15, 0.2) is 11.6 Å². The highest BCUT2D eigenvalue weighted by Crippen LogP contribution is 2.56. The van der Waals surface area contributed by atoms with Crippen LogP contribution >= 0.6 is 0 Å². The smallest absolute Gasteiger partial charge is 0.167 e. The van der Waals surface area contributed by atoms with Crippen LogP contribution in [0.4, 0.5) is 0 Å². The second-order valence-corrected chi connectivity index (χ2v) is 13.0. The van der Waals surface area contributed by atoms with Gasteiger partial charge in [-0.05, 0) is 107 Å². The topological polar surface area (TPSA) is 34.1 Å². The molecule has 0 fully saturated rings. The molecular formula is C45H38O2. The van der Waals surface area contributed by atoms with E-state index in [0.29, 0.717) is 12.8 Å². The summed E-state index contributed by atoms with van der Waals surface area (Å²) in [4.78, 5) is 26.5. The van der Waals surface area contributed by atoms with Gasteiger partial charge >= 0.3 is 0 Å². The Hall–Kier alpha value is -5.34. The number of Topliss-reactive ketones (excluding diaryl/α,β-unsaturated/α-hetero) is 2. The molecule has 0 radical (unpaired) electrons. The van der Waals surface area contributed by atoms with Gasteiger partial charge < -0.3 is 0 Å². The quantitative estimate of drug-likeness (QED) is 0.161. The number of hydrogen-bond donors (Lipinski definition) is 0. The molecule has 0 N–H and O–H groups in total. The monoisotopic (exact) mass is 610 g/mol. The highest BCUT2D eigenvalue weighted by atomic mass is 16.1. The van der Waals surface area contributed by atoms with E-state index in [-0.39, 0.29) is 11.6 Å². The van der Waals surface area contributed by atoms with Crippen molar-refractivity contribution in [1.82, 2.24) is 0 Å². The molecule has 2 nitrogen and oxygen atoms in total. The predicted molar refractivity (Wildman–Crippen MR) is 192 cm³/mol. The van der Waals surface area contributed by atoms with Gasteiger partial charge in [0.1, 0.15) is 0 Å². The van der Waals surface area contributed by atoms with Crippen LogP contribution in [-0.4, -0.2) is 11.6 Å². The fourth-order valence-electron chi connectivity index (χ4n) is 7.17. The van der Waals surface area contributed by atoms with Crippen molar-refractivity contribution in [3.05, 3.63) is 200 Å². The number of carbonyl (C=O) groups is 2. The summed E-state index contributed by atoms with van der Waals surface area (Å²) in [5.41, 5.74) is 14.8.